The summed E-state index contributed by atoms with van der Waals surface area (Å²) in [5.74, 6) is 0. The highest BCUT2D eigenvalue weighted by Gasteiger charge is 2.24. The fourth-order valence-corrected chi connectivity index (χ4v) is 3.05. The SMILES string of the molecule is Cc1ccc2c(c1)N(C(=O)Nc1cccc(-n3ccnc3)c1)CC2. The normalized spacial score (nSPS) is 13.0. The van der Waals surface area contributed by atoms with Gasteiger partial charge in [-0.2, -0.15) is 0 Å². The molecule has 1 aliphatic heterocycles. The molecule has 5 heteroatoms. The molecule has 2 aromatic carbocycles. The number of urea groups is 1. The Bertz CT molecular complexity index is 886. The van der Waals surface area contributed by atoms with Crippen molar-refractivity contribution in [2.75, 3.05) is 16.8 Å². The quantitative estimate of drug-likeness (QED) is 0.782. The number of amides is 2. The van der Waals surface area contributed by atoms with Gasteiger partial charge in [-0.25, -0.2) is 9.78 Å². The standard InChI is InChI=1S/C19H18N4O/c1-14-5-6-15-7-9-23(18(15)11-14)19(24)21-16-3-2-4-17(12-16)22-10-8-20-13-22/h2-6,8,10-13H,7,9H2,1H3,(H,21,24). The molecule has 0 atom stereocenters. The molecule has 0 fully saturated rings. The van der Waals surface area contributed by atoms with E-state index < -0.39 is 0 Å². The van der Waals surface area contributed by atoms with Crippen LogP contribution in [0.4, 0.5) is 16.2 Å². The number of fused-ring (bicyclic) bond motifs is 1. The second-order valence-corrected chi connectivity index (χ2v) is 5.98. The van der Waals surface area contributed by atoms with Crippen LogP contribution in [0.3, 0.4) is 0 Å². The number of hydrogen-bond acceptors (Lipinski definition) is 2. The highest BCUT2D eigenvalue weighted by atomic mass is 16.2. The molecule has 0 unspecified atom stereocenters. The topological polar surface area (TPSA) is 50.2 Å². The molecule has 1 aliphatic rings. The number of imidazole rings is 1. The molecular formula is C19H18N4O. The van der Waals surface area contributed by atoms with Gasteiger partial charge in [0.1, 0.15) is 0 Å². The third-order valence-electron chi connectivity index (χ3n) is 4.28. The fraction of sp³-hybridized carbons (Fsp3) is 0.158. The van der Waals surface area contributed by atoms with Crippen LogP contribution in [0.2, 0.25) is 0 Å². The van der Waals surface area contributed by atoms with Crippen LogP contribution in [0.1, 0.15) is 11.1 Å². The number of carbonyl (C=O) groups is 1. The summed E-state index contributed by atoms with van der Waals surface area (Å²) in [6.45, 7) is 2.76. The molecule has 0 saturated carbocycles. The minimum atomic E-state index is -0.0952. The average Bonchev–Trinajstić information content (AvgIpc) is 3.24. The van der Waals surface area contributed by atoms with E-state index in [2.05, 4.69) is 28.5 Å². The third-order valence-corrected chi connectivity index (χ3v) is 4.28. The lowest BCUT2D eigenvalue weighted by molar-refractivity contribution is 0.257. The van der Waals surface area contributed by atoms with E-state index >= 15 is 0 Å². The Morgan fingerprint density at radius 3 is 2.96 bits per heavy atom. The van der Waals surface area contributed by atoms with Gasteiger partial charge < -0.3 is 9.88 Å². The summed E-state index contributed by atoms with van der Waals surface area (Å²) in [6.07, 6.45) is 6.24. The lowest BCUT2D eigenvalue weighted by Crippen LogP contribution is -2.33. The van der Waals surface area contributed by atoms with E-state index in [1.807, 2.05) is 46.9 Å². The van der Waals surface area contributed by atoms with Crippen LogP contribution in [0.5, 0.6) is 0 Å². The van der Waals surface area contributed by atoms with Crippen LogP contribution in [0.25, 0.3) is 5.69 Å². The molecule has 1 N–H and O–H groups in total. The van der Waals surface area contributed by atoms with E-state index in [1.165, 1.54) is 5.56 Å². The fourth-order valence-electron chi connectivity index (χ4n) is 3.05. The second-order valence-electron chi connectivity index (χ2n) is 5.98. The summed E-state index contributed by atoms with van der Waals surface area (Å²) in [4.78, 5) is 18.5. The molecule has 2 heterocycles. The number of nitrogens with zero attached hydrogens (tertiary/aromatic N) is 3. The number of aryl methyl sites for hydroxylation is 1. The summed E-state index contributed by atoms with van der Waals surface area (Å²) in [5, 5.41) is 3.00. The Kier molecular flexibility index (Phi) is 3.54. The Balaban J connectivity index is 1.56. The predicted molar refractivity (Wildman–Crippen MR) is 94.8 cm³/mol. The van der Waals surface area contributed by atoms with Gasteiger partial charge in [0, 0.05) is 36.0 Å². The molecule has 2 amide bonds. The molecule has 5 nitrogen and oxygen atoms in total. The van der Waals surface area contributed by atoms with Gasteiger partial charge in [0.05, 0.1) is 6.33 Å². The first-order valence-electron chi connectivity index (χ1n) is 7.97. The lowest BCUT2D eigenvalue weighted by Gasteiger charge is -2.19. The largest absolute Gasteiger partial charge is 0.326 e. The molecule has 1 aromatic heterocycles. The number of rotatable bonds is 2. The zero-order valence-electron chi connectivity index (χ0n) is 13.4. The number of aromatic nitrogens is 2. The van der Waals surface area contributed by atoms with Gasteiger partial charge in [-0.05, 0) is 48.7 Å². The van der Waals surface area contributed by atoms with E-state index in [-0.39, 0.29) is 6.03 Å². The monoisotopic (exact) mass is 318 g/mol. The highest BCUT2D eigenvalue weighted by Crippen LogP contribution is 2.29. The van der Waals surface area contributed by atoms with Crippen molar-refractivity contribution in [2.24, 2.45) is 0 Å². The smallest absolute Gasteiger partial charge is 0.307 e. The molecule has 3 aromatic rings. The van der Waals surface area contributed by atoms with Crippen molar-refractivity contribution in [2.45, 2.75) is 13.3 Å². The highest BCUT2D eigenvalue weighted by molar-refractivity contribution is 6.03. The zero-order valence-corrected chi connectivity index (χ0v) is 13.4. The van der Waals surface area contributed by atoms with Crippen LogP contribution < -0.4 is 10.2 Å². The third kappa shape index (κ3) is 2.65. The molecule has 24 heavy (non-hydrogen) atoms. The van der Waals surface area contributed by atoms with Gasteiger partial charge in [-0.3, -0.25) is 4.90 Å². The van der Waals surface area contributed by atoms with Gasteiger partial charge in [-0.15, -0.1) is 0 Å². The zero-order chi connectivity index (χ0) is 16.5. The number of benzene rings is 2. The Morgan fingerprint density at radius 2 is 2.12 bits per heavy atom. The van der Waals surface area contributed by atoms with E-state index in [0.29, 0.717) is 6.54 Å². The minimum absolute atomic E-state index is 0.0952. The molecule has 120 valence electrons. The second kappa shape index (κ2) is 5.85. The van der Waals surface area contributed by atoms with Crippen LogP contribution >= 0.6 is 0 Å². The van der Waals surface area contributed by atoms with Gasteiger partial charge in [0.15, 0.2) is 0 Å². The summed E-state index contributed by atoms with van der Waals surface area (Å²) < 4.78 is 1.91. The van der Waals surface area contributed by atoms with Crippen LogP contribution in [0.15, 0.2) is 61.2 Å². The Hall–Kier alpha value is -3.08. The predicted octanol–water partition coefficient (Wildman–Crippen LogP) is 3.78. The first-order chi connectivity index (χ1) is 11.7. The summed E-state index contributed by atoms with van der Waals surface area (Å²) in [5.41, 5.74) is 5.13. The van der Waals surface area contributed by atoms with Gasteiger partial charge in [0.2, 0.25) is 0 Å². The molecule has 0 spiro atoms. The van der Waals surface area contributed by atoms with Crippen molar-refractivity contribution >= 4 is 17.4 Å². The lowest BCUT2D eigenvalue weighted by atomic mass is 10.1. The van der Waals surface area contributed by atoms with Crippen molar-refractivity contribution in [1.82, 2.24) is 9.55 Å². The first-order valence-corrected chi connectivity index (χ1v) is 7.97. The maximum Gasteiger partial charge on any atom is 0.326 e. The molecule has 0 saturated heterocycles. The summed E-state index contributed by atoms with van der Waals surface area (Å²) in [7, 11) is 0. The van der Waals surface area contributed by atoms with E-state index in [0.717, 1.165) is 29.0 Å². The number of hydrogen-bond donors (Lipinski definition) is 1. The summed E-state index contributed by atoms with van der Waals surface area (Å²) >= 11 is 0. The Labute approximate surface area is 140 Å². The van der Waals surface area contributed by atoms with E-state index in [1.54, 1.807) is 12.5 Å². The van der Waals surface area contributed by atoms with Crippen LogP contribution in [-0.4, -0.2) is 22.1 Å². The molecular weight excluding hydrogens is 300 g/mol. The molecule has 0 aliphatic carbocycles. The van der Waals surface area contributed by atoms with Crippen molar-refractivity contribution < 1.29 is 4.79 Å². The van der Waals surface area contributed by atoms with E-state index in [4.69, 9.17) is 0 Å². The number of nitrogens with one attached hydrogen (secondary N) is 1. The maximum atomic E-state index is 12.7. The molecule has 0 bridgehead atoms. The average molecular weight is 318 g/mol. The molecule has 4 rings (SSSR count). The van der Waals surface area contributed by atoms with Crippen molar-refractivity contribution in [3.63, 3.8) is 0 Å². The number of anilines is 2. The first kappa shape index (κ1) is 14.5. The molecule has 0 radical (unpaired) electrons. The van der Waals surface area contributed by atoms with Crippen LogP contribution in [-0.2, 0) is 6.42 Å². The number of carbonyl (C=O) groups excluding carboxylic acids is 1. The van der Waals surface area contributed by atoms with Gasteiger partial charge >= 0.3 is 6.03 Å². The Morgan fingerprint density at radius 1 is 1.21 bits per heavy atom. The van der Waals surface area contributed by atoms with Crippen LogP contribution in [0, 0.1) is 6.92 Å². The van der Waals surface area contributed by atoms with Crippen molar-refractivity contribution in [3.8, 4) is 5.69 Å². The van der Waals surface area contributed by atoms with Crippen molar-refractivity contribution in [3.05, 3.63) is 72.3 Å². The van der Waals surface area contributed by atoms with Gasteiger partial charge in [0.25, 0.3) is 0 Å². The summed E-state index contributed by atoms with van der Waals surface area (Å²) in [6, 6.07) is 13.9. The van der Waals surface area contributed by atoms with Gasteiger partial charge in [-0.1, -0.05) is 18.2 Å². The minimum Gasteiger partial charge on any atom is -0.307 e. The van der Waals surface area contributed by atoms with Crippen molar-refractivity contribution in [1.29, 1.82) is 0 Å². The van der Waals surface area contributed by atoms with E-state index in [9.17, 15) is 4.79 Å². The maximum absolute atomic E-state index is 12.7.